The molecule has 1 amide bonds. The molecule has 0 saturated carbocycles. The first-order chi connectivity index (χ1) is 16.9. The van der Waals surface area contributed by atoms with Crippen LogP contribution < -0.4 is 15.5 Å². The summed E-state index contributed by atoms with van der Waals surface area (Å²) in [6.45, 7) is 1.89. The van der Waals surface area contributed by atoms with Gasteiger partial charge in [-0.05, 0) is 55.3 Å². The molecule has 0 bridgehead atoms. The molecule has 7 nitrogen and oxygen atoms in total. The molecule has 2 aliphatic rings. The number of hydrogen-bond acceptors (Lipinski definition) is 6. The van der Waals surface area contributed by atoms with Crippen molar-refractivity contribution in [2.75, 3.05) is 24.3 Å². The number of amides is 1. The Hall–Kier alpha value is -4.13. The molecular formula is C28H28N4O3. The van der Waals surface area contributed by atoms with Gasteiger partial charge < -0.3 is 20.0 Å². The van der Waals surface area contributed by atoms with E-state index in [1.54, 1.807) is 24.6 Å². The summed E-state index contributed by atoms with van der Waals surface area (Å²) < 4.78 is 5.61. The average molecular weight is 469 g/mol. The van der Waals surface area contributed by atoms with Crippen LogP contribution in [-0.4, -0.2) is 30.8 Å². The van der Waals surface area contributed by atoms with Gasteiger partial charge in [-0.15, -0.1) is 0 Å². The molecule has 5 rings (SSSR count). The Morgan fingerprint density at radius 2 is 1.89 bits per heavy atom. The predicted octanol–water partition coefficient (Wildman–Crippen LogP) is 4.74. The minimum Gasteiger partial charge on any atom is -0.469 e. The number of hydrogen-bond donors (Lipinski definition) is 2. The summed E-state index contributed by atoms with van der Waals surface area (Å²) in [5.74, 6) is 0.514. The lowest BCUT2D eigenvalue weighted by Gasteiger charge is -2.36. The van der Waals surface area contributed by atoms with Crippen molar-refractivity contribution in [3.05, 3.63) is 101 Å². The van der Waals surface area contributed by atoms with Gasteiger partial charge in [0, 0.05) is 66.8 Å². The number of nitrogens with one attached hydrogen (secondary N) is 2. The van der Waals surface area contributed by atoms with E-state index in [1.807, 2.05) is 68.4 Å². The molecule has 1 aliphatic heterocycles. The summed E-state index contributed by atoms with van der Waals surface area (Å²) in [4.78, 5) is 33.4. The number of nitrogens with zero attached hydrogens (tertiary/aromatic N) is 2. The van der Waals surface area contributed by atoms with Crippen molar-refractivity contribution in [3.8, 4) is 0 Å². The quantitative estimate of drug-likeness (QED) is 0.562. The van der Waals surface area contributed by atoms with Crippen LogP contribution in [0.4, 0.5) is 11.5 Å². The van der Waals surface area contributed by atoms with Gasteiger partial charge in [-0.1, -0.05) is 18.2 Å². The van der Waals surface area contributed by atoms with E-state index in [0.29, 0.717) is 29.8 Å². The Labute approximate surface area is 204 Å². The maximum Gasteiger partial charge on any atom is 0.255 e. The van der Waals surface area contributed by atoms with Gasteiger partial charge in [0.15, 0.2) is 5.78 Å². The molecule has 3 aromatic rings. The second kappa shape index (κ2) is 9.25. The lowest BCUT2D eigenvalue weighted by molar-refractivity contribution is -0.116. The zero-order chi connectivity index (χ0) is 24.5. The van der Waals surface area contributed by atoms with E-state index in [0.717, 1.165) is 28.4 Å². The molecule has 35 heavy (non-hydrogen) atoms. The molecule has 3 heterocycles. The van der Waals surface area contributed by atoms with Gasteiger partial charge >= 0.3 is 0 Å². The smallest absolute Gasteiger partial charge is 0.255 e. The molecule has 2 aromatic heterocycles. The number of pyridine rings is 1. The van der Waals surface area contributed by atoms with Crippen molar-refractivity contribution < 1.29 is 14.0 Å². The SMILES string of the molecule is CC1=C(C(=O)Nc2ccccn2)[C@@H](c2ccc(N(C)C)cc2)C2=C(C[C@@H](c3ccco3)CC2=O)N1. The molecule has 0 radical (unpaired) electrons. The van der Waals surface area contributed by atoms with Crippen LogP contribution in [0.25, 0.3) is 0 Å². The van der Waals surface area contributed by atoms with Crippen LogP contribution in [0.5, 0.6) is 0 Å². The second-order valence-corrected chi connectivity index (χ2v) is 9.19. The van der Waals surface area contributed by atoms with Crippen molar-refractivity contribution in [2.45, 2.75) is 31.6 Å². The number of ketones is 1. The highest BCUT2D eigenvalue weighted by Crippen LogP contribution is 2.45. The first-order valence-electron chi connectivity index (χ1n) is 11.7. The standard InChI is InChI=1S/C28H28N4O3/c1-17-25(28(34)31-24-8-4-5-13-29-24)26(18-9-11-20(12-10-18)32(2)3)27-21(30-17)15-19(16-22(27)33)23-7-6-14-35-23/h4-14,19,26,30H,15-16H2,1-3H3,(H,29,31,34)/t19-,26-/m1/s1. The van der Waals surface area contributed by atoms with Gasteiger partial charge in [-0.3, -0.25) is 9.59 Å². The highest BCUT2D eigenvalue weighted by atomic mass is 16.3. The molecule has 0 fully saturated rings. The topological polar surface area (TPSA) is 87.5 Å². The number of rotatable bonds is 5. The minimum atomic E-state index is -0.476. The highest BCUT2D eigenvalue weighted by Gasteiger charge is 2.41. The Morgan fingerprint density at radius 1 is 1.09 bits per heavy atom. The third-order valence-corrected chi connectivity index (χ3v) is 6.67. The largest absolute Gasteiger partial charge is 0.469 e. The number of benzene rings is 1. The summed E-state index contributed by atoms with van der Waals surface area (Å²) >= 11 is 0. The maximum absolute atomic E-state index is 13.6. The van der Waals surface area contributed by atoms with E-state index in [4.69, 9.17) is 4.42 Å². The molecule has 0 saturated heterocycles. The highest BCUT2D eigenvalue weighted by molar-refractivity contribution is 6.09. The molecule has 0 spiro atoms. The maximum atomic E-state index is 13.6. The first-order valence-corrected chi connectivity index (χ1v) is 11.7. The minimum absolute atomic E-state index is 0.0254. The van der Waals surface area contributed by atoms with E-state index in [2.05, 4.69) is 15.6 Å². The van der Waals surface area contributed by atoms with Gasteiger partial charge in [0.25, 0.3) is 5.91 Å². The number of allylic oxidation sites excluding steroid dienone is 3. The second-order valence-electron chi connectivity index (χ2n) is 9.19. The summed E-state index contributed by atoms with van der Waals surface area (Å²) in [5, 5.41) is 6.30. The average Bonchev–Trinajstić information content (AvgIpc) is 3.39. The van der Waals surface area contributed by atoms with Crippen LogP contribution in [0.1, 0.15) is 42.9 Å². The summed E-state index contributed by atoms with van der Waals surface area (Å²) in [6.07, 6.45) is 4.26. The van der Waals surface area contributed by atoms with Gasteiger partial charge in [0.1, 0.15) is 11.6 Å². The first kappa shape index (κ1) is 22.7. The Balaban J connectivity index is 1.57. The van der Waals surface area contributed by atoms with Crippen molar-refractivity contribution in [3.63, 3.8) is 0 Å². The summed E-state index contributed by atoms with van der Waals surface area (Å²) in [6, 6.07) is 17.2. The zero-order valence-corrected chi connectivity index (χ0v) is 20.0. The van der Waals surface area contributed by atoms with E-state index >= 15 is 0 Å². The Kier molecular flexibility index (Phi) is 5.99. The monoisotopic (exact) mass is 468 g/mol. The summed E-state index contributed by atoms with van der Waals surface area (Å²) in [7, 11) is 3.96. The normalized spacial score (nSPS) is 19.8. The number of dihydropyridines is 1. The molecular weight excluding hydrogens is 440 g/mol. The lowest BCUT2D eigenvalue weighted by Crippen LogP contribution is -2.37. The fraction of sp³-hybridized carbons (Fsp3) is 0.250. The third kappa shape index (κ3) is 4.37. The molecule has 0 unspecified atom stereocenters. The van der Waals surface area contributed by atoms with Crippen LogP contribution in [0.3, 0.4) is 0 Å². The lowest BCUT2D eigenvalue weighted by atomic mass is 9.72. The van der Waals surface area contributed by atoms with Crippen LogP contribution in [0.2, 0.25) is 0 Å². The zero-order valence-electron chi connectivity index (χ0n) is 20.0. The fourth-order valence-electron chi connectivity index (χ4n) is 4.98. The number of carbonyl (C=O) groups excluding carboxylic acids is 2. The molecule has 1 aliphatic carbocycles. The van der Waals surface area contributed by atoms with Gasteiger partial charge in [-0.25, -0.2) is 4.98 Å². The van der Waals surface area contributed by atoms with Crippen LogP contribution in [0.15, 0.2) is 94.0 Å². The third-order valence-electron chi connectivity index (χ3n) is 6.67. The number of carbonyl (C=O) groups is 2. The molecule has 1 aromatic carbocycles. The van der Waals surface area contributed by atoms with Crippen LogP contribution >= 0.6 is 0 Å². The van der Waals surface area contributed by atoms with Gasteiger partial charge in [0.2, 0.25) is 0 Å². The van der Waals surface area contributed by atoms with E-state index in [9.17, 15) is 9.59 Å². The van der Waals surface area contributed by atoms with Crippen molar-refractivity contribution in [1.82, 2.24) is 10.3 Å². The summed E-state index contributed by atoms with van der Waals surface area (Å²) in [5.41, 5.74) is 4.71. The van der Waals surface area contributed by atoms with Crippen molar-refractivity contribution >= 4 is 23.2 Å². The number of Topliss-reactive ketones (excluding diaryl/α,β-unsaturated/α-hetero) is 1. The number of anilines is 2. The Morgan fingerprint density at radius 3 is 2.54 bits per heavy atom. The van der Waals surface area contributed by atoms with Crippen LogP contribution in [0, 0.1) is 0 Å². The van der Waals surface area contributed by atoms with Gasteiger partial charge in [0.05, 0.1) is 6.26 Å². The van der Waals surface area contributed by atoms with E-state index in [-0.39, 0.29) is 17.6 Å². The van der Waals surface area contributed by atoms with E-state index in [1.165, 1.54) is 0 Å². The van der Waals surface area contributed by atoms with Crippen molar-refractivity contribution in [1.29, 1.82) is 0 Å². The Bertz CT molecular complexity index is 1310. The van der Waals surface area contributed by atoms with E-state index < -0.39 is 5.92 Å². The predicted molar refractivity (Wildman–Crippen MR) is 135 cm³/mol. The van der Waals surface area contributed by atoms with Gasteiger partial charge in [-0.2, -0.15) is 0 Å². The molecule has 7 heteroatoms. The number of aromatic nitrogens is 1. The molecule has 178 valence electrons. The number of furan rings is 1. The molecule has 2 atom stereocenters. The fourth-order valence-corrected chi connectivity index (χ4v) is 4.98. The van der Waals surface area contributed by atoms with Crippen LogP contribution in [-0.2, 0) is 9.59 Å². The van der Waals surface area contributed by atoms with Crippen molar-refractivity contribution in [2.24, 2.45) is 0 Å². The molecule has 2 N–H and O–H groups in total.